The van der Waals surface area contributed by atoms with Gasteiger partial charge in [0.05, 0.1) is 11.4 Å². The van der Waals surface area contributed by atoms with Crippen molar-refractivity contribution in [2.24, 2.45) is 5.92 Å². The second-order valence-corrected chi connectivity index (χ2v) is 7.58. The summed E-state index contributed by atoms with van der Waals surface area (Å²) in [6.07, 6.45) is 0.706. The number of nitrogens with two attached hydrogens (primary N) is 1. The van der Waals surface area contributed by atoms with Crippen LogP contribution in [-0.2, 0) is 14.6 Å². The SMILES string of the molecule is CCC(C)CS(=O)(=O)C(C)C(=O)Nc1cc(N)ccc1F. The van der Waals surface area contributed by atoms with Gasteiger partial charge in [0.25, 0.3) is 0 Å². The predicted octanol–water partition coefficient (Wildman–Crippen LogP) is 2.20. The average Bonchev–Trinajstić information content (AvgIpc) is 2.41. The van der Waals surface area contributed by atoms with E-state index in [2.05, 4.69) is 5.32 Å². The molecule has 0 radical (unpaired) electrons. The van der Waals surface area contributed by atoms with E-state index in [1.807, 2.05) is 6.92 Å². The first-order valence-electron chi connectivity index (χ1n) is 6.74. The Kier molecular flexibility index (Phi) is 5.71. The van der Waals surface area contributed by atoms with E-state index in [1.165, 1.54) is 19.1 Å². The molecule has 7 heteroatoms. The van der Waals surface area contributed by atoms with Crippen LogP contribution in [0.4, 0.5) is 15.8 Å². The van der Waals surface area contributed by atoms with Crippen LogP contribution in [0, 0.1) is 11.7 Å². The van der Waals surface area contributed by atoms with E-state index in [4.69, 9.17) is 5.73 Å². The van der Waals surface area contributed by atoms with Crippen LogP contribution >= 0.6 is 0 Å². The number of rotatable bonds is 6. The van der Waals surface area contributed by atoms with Crippen LogP contribution in [-0.4, -0.2) is 25.3 Å². The van der Waals surface area contributed by atoms with E-state index in [0.717, 1.165) is 6.07 Å². The second kappa shape index (κ2) is 6.89. The number of halogens is 1. The number of nitrogens with one attached hydrogen (secondary N) is 1. The zero-order valence-corrected chi connectivity index (χ0v) is 13.2. The predicted molar refractivity (Wildman–Crippen MR) is 82.1 cm³/mol. The molecule has 118 valence electrons. The van der Waals surface area contributed by atoms with Crippen molar-refractivity contribution in [1.29, 1.82) is 0 Å². The fourth-order valence-electron chi connectivity index (χ4n) is 1.69. The second-order valence-electron chi connectivity index (χ2n) is 5.21. The van der Waals surface area contributed by atoms with E-state index in [9.17, 15) is 17.6 Å². The van der Waals surface area contributed by atoms with Gasteiger partial charge in [-0.25, -0.2) is 12.8 Å². The largest absolute Gasteiger partial charge is 0.399 e. The summed E-state index contributed by atoms with van der Waals surface area (Å²) in [7, 11) is -3.58. The molecular formula is C14H21FN2O3S. The highest BCUT2D eigenvalue weighted by atomic mass is 32.2. The summed E-state index contributed by atoms with van der Waals surface area (Å²) in [6.45, 7) is 4.99. The summed E-state index contributed by atoms with van der Waals surface area (Å²) < 4.78 is 37.7. The van der Waals surface area contributed by atoms with Gasteiger partial charge in [0.15, 0.2) is 9.84 Å². The van der Waals surface area contributed by atoms with Crippen LogP contribution in [0.5, 0.6) is 0 Å². The fraction of sp³-hybridized carbons (Fsp3) is 0.500. The number of carbonyl (C=O) groups excluding carboxylic acids is 1. The van der Waals surface area contributed by atoms with Gasteiger partial charge in [-0.2, -0.15) is 0 Å². The van der Waals surface area contributed by atoms with E-state index in [-0.39, 0.29) is 23.0 Å². The molecule has 21 heavy (non-hydrogen) atoms. The summed E-state index contributed by atoms with van der Waals surface area (Å²) in [4.78, 5) is 12.0. The van der Waals surface area contributed by atoms with Gasteiger partial charge in [0.1, 0.15) is 11.1 Å². The highest BCUT2D eigenvalue weighted by Gasteiger charge is 2.29. The van der Waals surface area contributed by atoms with Crippen LogP contribution < -0.4 is 11.1 Å². The maximum atomic E-state index is 13.5. The lowest BCUT2D eigenvalue weighted by atomic mass is 10.2. The van der Waals surface area contributed by atoms with Crippen molar-refractivity contribution >= 4 is 27.1 Å². The monoisotopic (exact) mass is 316 g/mol. The fourth-order valence-corrected chi connectivity index (χ4v) is 3.40. The van der Waals surface area contributed by atoms with Gasteiger partial charge in [-0.1, -0.05) is 20.3 Å². The molecule has 3 N–H and O–H groups in total. The summed E-state index contributed by atoms with van der Waals surface area (Å²) in [5, 5.41) is 1.03. The van der Waals surface area contributed by atoms with E-state index >= 15 is 0 Å². The smallest absolute Gasteiger partial charge is 0.242 e. The Balaban J connectivity index is 2.86. The molecule has 0 saturated carbocycles. The molecule has 0 aliphatic rings. The minimum absolute atomic E-state index is 0.0330. The van der Waals surface area contributed by atoms with Crippen LogP contribution in [0.3, 0.4) is 0 Å². The minimum Gasteiger partial charge on any atom is -0.399 e. The van der Waals surface area contributed by atoms with Crippen LogP contribution in [0.15, 0.2) is 18.2 Å². The maximum Gasteiger partial charge on any atom is 0.242 e. The normalized spacial score (nSPS) is 14.5. The third-order valence-corrected chi connectivity index (χ3v) is 5.70. The van der Waals surface area contributed by atoms with Gasteiger partial charge in [0, 0.05) is 5.69 Å². The molecule has 0 saturated heterocycles. The van der Waals surface area contributed by atoms with E-state index < -0.39 is 26.8 Å². The molecular weight excluding hydrogens is 295 g/mol. The van der Waals surface area contributed by atoms with Crippen LogP contribution in [0.1, 0.15) is 27.2 Å². The number of nitrogen functional groups attached to an aromatic ring is 1. The van der Waals surface area contributed by atoms with Gasteiger partial charge in [-0.15, -0.1) is 0 Å². The molecule has 2 atom stereocenters. The van der Waals surface area contributed by atoms with Crippen molar-refractivity contribution in [3.63, 3.8) is 0 Å². The zero-order valence-electron chi connectivity index (χ0n) is 12.4. The highest BCUT2D eigenvalue weighted by Crippen LogP contribution is 2.19. The lowest BCUT2D eigenvalue weighted by molar-refractivity contribution is -0.115. The standard InChI is InChI=1S/C14H21FN2O3S/c1-4-9(2)8-21(19,20)10(3)14(18)17-13-7-11(16)5-6-12(13)15/h5-7,9-10H,4,8,16H2,1-3H3,(H,17,18). The Morgan fingerprint density at radius 2 is 2.00 bits per heavy atom. The van der Waals surface area contributed by atoms with Crippen molar-refractivity contribution in [3.05, 3.63) is 24.0 Å². The molecule has 1 aromatic carbocycles. The Morgan fingerprint density at radius 3 is 2.57 bits per heavy atom. The van der Waals surface area contributed by atoms with Crippen molar-refractivity contribution in [2.45, 2.75) is 32.4 Å². The Bertz CT molecular complexity index is 617. The number of hydrogen-bond donors (Lipinski definition) is 2. The summed E-state index contributed by atoms with van der Waals surface area (Å²) in [6, 6.07) is 3.72. The lowest BCUT2D eigenvalue weighted by Gasteiger charge is -2.16. The molecule has 2 unspecified atom stereocenters. The Hall–Kier alpha value is -1.63. The highest BCUT2D eigenvalue weighted by molar-refractivity contribution is 7.92. The van der Waals surface area contributed by atoms with Crippen LogP contribution in [0.25, 0.3) is 0 Å². The minimum atomic E-state index is -3.58. The molecule has 5 nitrogen and oxygen atoms in total. The molecule has 0 aromatic heterocycles. The third-order valence-electron chi connectivity index (χ3n) is 3.37. The summed E-state index contributed by atoms with van der Waals surface area (Å²) in [5.41, 5.74) is 5.67. The quantitative estimate of drug-likeness (QED) is 0.787. The lowest BCUT2D eigenvalue weighted by Crippen LogP contribution is -2.35. The van der Waals surface area contributed by atoms with Gasteiger partial charge in [-0.3, -0.25) is 4.79 Å². The third kappa shape index (κ3) is 4.70. The van der Waals surface area contributed by atoms with Gasteiger partial charge >= 0.3 is 0 Å². The van der Waals surface area contributed by atoms with Crippen molar-refractivity contribution in [2.75, 3.05) is 16.8 Å². The van der Waals surface area contributed by atoms with E-state index in [1.54, 1.807) is 6.92 Å². The van der Waals surface area contributed by atoms with Crippen molar-refractivity contribution in [1.82, 2.24) is 0 Å². The number of amides is 1. The molecule has 0 fully saturated rings. The number of carbonyl (C=O) groups is 1. The van der Waals surface area contributed by atoms with E-state index in [0.29, 0.717) is 6.42 Å². The first-order chi connectivity index (χ1) is 9.67. The van der Waals surface area contributed by atoms with Crippen molar-refractivity contribution < 1.29 is 17.6 Å². The average molecular weight is 316 g/mol. The molecule has 0 bridgehead atoms. The molecule has 1 amide bonds. The number of anilines is 2. The number of benzene rings is 1. The van der Waals surface area contributed by atoms with Crippen LogP contribution in [0.2, 0.25) is 0 Å². The first kappa shape index (κ1) is 17.4. The van der Waals surface area contributed by atoms with Crippen molar-refractivity contribution in [3.8, 4) is 0 Å². The Labute approximate surface area is 124 Å². The topological polar surface area (TPSA) is 89.3 Å². The molecule has 0 heterocycles. The molecule has 0 aliphatic heterocycles. The molecule has 0 aliphatic carbocycles. The maximum absolute atomic E-state index is 13.5. The summed E-state index contributed by atoms with van der Waals surface area (Å²) >= 11 is 0. The Morgan fingerprint density at radius 1 is 1.38 bits per heavy atom. The number of hydrogen-bond acceptors (Lipinski definition) is 4. The van der Waals surface area contributed by atoms with Gasteiger partial charge in [-0.05, 0) is 31.0 Å². The van der Waals surface area contributed by atoms with Gasteiger partial charge < -0.3 is 11.1 Å². The first-order valence-corrected chi connectivity index (χ1v) is 8.46. The number of sulfone groups is 1. The molecule has 1 rings (SSSR count). The zero-order chi connectivity index (χ0) is 16.2. The molecule has 1 aromatic rings. The van der Waals surface area contributed by atoms with Gasteiger partial charge in [0.2, 0.25) is 5.91 Å². The molecule has 0 spiro atoms. The summed E-state index contributed by atoms with van der Waals surface area (Å²) in [5.74, 6) is -1.53.